The van der Waals surface area contributed by atoms with E-state index in [4.69, 9.17) is 4.74 Å². The molecular formula is C25H28N2O4S. The van der Waals surface area contributed by atoms with Crippen LogP contribution in [0.25, 0.3) is 10.8 Å². The molecule has 0 saturated carbocycles. The maximum absolute atomic E-state index is 12.9. The van der Waals surface area contributed by atoms with Gasteiger partial charge in [-0.15, -0.1) is 0 Å². The first-order chi connectivity index (χ1) is 15.5. The third-order valence-electron chi connectivity index (χ3n) is 5.76. The minimum Gasteiger partial charge on any atom is -0.480 e. The predicted molar refractivity (Wildman–Crippen MR) is 126 cm³/mol. The zero-order chi connectivity index (χ0) is 22.6. The Labute approximate surface area is 189 Å². The fraction of sp³-hybridized carbons (Fsp3) is 0.320. The molecule has 1 fully saturated rings. The second kappa shape index (κ2) is 9.71. The summed E-state index contributed by atoms with van der Waals surface area (Å²) in [5.41, 5.74) is 0.535. The lowest BCUT2D eigenvalue weighted by Crippen LogP contribution is -2.35. The number of nitrogens with zero attached hydrogens (tertiary/aromatic N) is 1. The number of hydrogen-bond acceptors (Lipinski definition) is 4. The molecule has 3 aromatic carbocycles. The Hall–Kier alpha value is -2.90. The van der Waals surface area contributed by atoms with Crippen LogP contribution in [0, 0.1) is 0 Å². The first-order valence-electron chi connectivity index (χ1n) is 11.0. The Morgan fingerprint density at radius 1 is 0.969 bits per heavy atom. The molecule has 32 heavy (non-hydrogen) atoms. The molecule has 168 valence electrons. The molecule has 1 saturated heterocycles. The Kier molecular flexibility index (Phi) is 6.77. The van der Waals surface area contributed by atoms with Gasteiger partial charge in [0, 0.05) is 24.2 Å². The third-order valence-corrected chi connectivity index (χ3v) is 7.67. The number of piperidine rings is 1. The van der Waals surface area contributed by atoms with Crippen LogP contribution < -0.4 is 10.1 Å². The van der Waals surface area contributed by atoms with Crippen LogP contribution >= 0.6 is 0 Å². The van der Waals surface area contributed by atoms with Crippen molar-refractivity contribution in [3.05, 3.63) is 66.7 Å². The van der Waals surface area contributed by atoms with Crippen LogP contribution in [-0.2, 0) is 14.8 Å². The lowest BCUT2D eigenvalue weighted by Gasteiger charge is -2.26. The van der Waals surface area contributed by atoms with Gasteiger partial charge in [0.1, 0.15) is 5.75 Å². The van der Waals surface area contributed by atoms with E-state index in [1.165, 1.54) is 4.31 Å². The van der Waals surface area contributed by atoms with Crippen LogP contribution in [0.4, 0.5) is 5.69 Å². The van der Waals surface area contributed by atoms with Crippen molar-refractivity contribution in [1.82, 2.24) is 4.31 Å². The molecule has 0 spiro atoms. The zero-order valence-electron chi connectivity index (χ0n) is 18.2. The monoisotopic (exact) mass is 452 g/mol. The summed E-state index contributed by atoms with van der Waals surface area (Å²) < 4.78 is 33.2. The van der Waals surface area contributed by atoms with Crippen LogP contribution in [0.3, 0.4) is 0 Å². The fourth-order valence-electron chi connectivity index (χ4n) is 3.96. The van der Waals surface area contributed by atoms with Gasteiger partial charge in [0.25, 0.3) is 5.91 Å². The quantitative estimate of drug-likeness (QED) is 0.558. The van der Waals surface area contributed by atoms with E-state index in [-0.39, 0.29) is 10.8 Å². The summed E-state index contributed by atoms with van der Waals surface area (Å²) in [6, 6.07) is 20.0. The number of benzene rings is 3. The summed E-state index contributed by atoms with van der Waals surface area (Å²) in [6.07, 6.45) is 2.68. The minimum absolute atomic E-state index is 0.247. The number of carbonyl (C=O) groups is 1. The van der Waals surface area contributed by atoms with E-state index in [0.717, 1.165) is 30.0 Å². The molecule has 0 aromatic heterocycles. The average Bonchev–Trinajstić information content (AvgIpc) is 2.83. The fourth-order valence-corrected chi connectivity index (χ4v) is 5.48. The van der Waals surface area contributed by atoms with Crippen molar-refractivity contribution in [2.24, 2.45) is 0 Å². The molecule has 0 radical (unpaired) electrons. The summed E-state index contributed by atoms with van der Waals surface area (Å²) >= 11 is 0. The molecule has 1 atom stereocenters. The molecule has 4 rings (SSSR count). The van der Waals surface area contributed by atoms with Crippen LogP contribution in [0.2, 0.25) is 0 Å². The molecule has 0 aliphatic carbocycles. The number of rotatable bonds is 7. The predicted octanol–water partition coefficient (Wildman–Crippen LogP) is 4.81. The van der Waals surface area contributed by atoms with Crippen molar-refractivity contribution in [2.45, 2.75) is 43.6 Å². The van der Waals surface area contributed by atoms with Crippen molar-refractivity contribution in [3.8, 4) is 5.75 Å². The molecular weight excluding hydrogens is 424 g/mol. The highest BCUT2D eigenvalue weighted by Crippen LogP contribution is 2.27. The van der Waals surface area contributed by atoms with Gasteiger partial charge in [0.05, 0.1) is 4.90 Å². The Morgan fingerprint density at radius 3 is 2.38 bits per heavy atom. The number of ether oxygens (including phenoxy) is 1. The number of sulfonamides is 1. The smallest absolute Gasteiger partial charge is 0.265 e. The highest BCUT2D eigenvalue weighted by molar-refractivity contribution is 7.89. The number of fused-ring (bicyclic) bond motifs is 1. The summed E-state index contributed by atoms with van der Waals surface area (Å²) in [5, 5.41) is 4.85. The number of anilines is 1. The van der Waals surface area contributed by atoms with Crippen molar-refractivity contribution in [2.75, 3.05) is 18.4 Å². The molecule has 0 bridgehead atoms. The van der Waals surface area contributed by atoms with Crippen molar-refractivity contribution < 1.29 is 17.9 Å². The molecule has 0 unspecified atom stereocenters. The Bertz CT molecular complexity index is 1180. The lowest BCUT2D eigenvalue weighted by molar-refractivity contribution is -0.122. The van der Waals surface area contributed by atoms with Gasteiger partial charge in [-0.3, -0.25) is 4.79 Å². The van der Waals surface area contributed by atoms with Crippen LogP contribution in [-0.4, -0.2) is 37.8 Å². The van der Waals surface area contributed by atoms with Gasteiger partial charge in [0.2, 0.25) is 10.0 Å². The van der Waals surface area contributed by atoms with Gasteiger partial charge >= 0.3 is 0 Å². The SMILES string of the molecule is CC[C@@H](Oc1cccc2ccccc12)C(=O)Nc1ccc(S(=O)(=O)N2CCCCC2)cc1. The van der Waals surface area contributed by atoms with E-state index in [2.05, 4.69) is 5.32 Å². The van der Waals surface area contributed by atoms with E-state index in [0.29, 0.717) is 30.9 Å². The maximum atomic E-state index is 12.9. The van der Waals surface area contributed by atoms with Crippen LogP contribution in [0.1, 0.15) is 32.6 Å². The molecule has 3 aromatic rings. The molecule has 6 nitrogen and oxygen atoms in total. The summed E-state index contributed by atoms with van der Waals surface area (Å²) in [6.45, 7) is 3.01. The molecule has 1 heterocycles. The summed E-state index contributed by atoms with van der Waals surface area (Å²) in [4.78, 5) is 13.1. The molecule has 1 amide bonds. The van der Waals surface area contributed by atoms with Crippen molar-refractivity contribution in [3.63, 3.8) is 0 Å². The Balaban J connectivity index is 1.45. The average molecular weight is 453 g/mol. The third kappa shape index (κ3) is 4.79. The number of amides is 1. The lowest BCUT2D eigenvalue weighted by atomic mass is 10.1. The molecule has 1 N–H and O–H groups in total. The number of nitrogens with one attached hydrogen (secondary N) is 1. The maximum Gasteiger partial charge on any atom is 0.265 e. The van der Waals surface area contributed by atoms with Crippen LogP contribution in [0.5, 0.6) is 5.75 Å². The number of hydrogen-bond donors (Lipinski definition) is 1. The zero-order valence-corrected chi connectivity index (χ0v) is 19.0. The van der Waals surface area contributed by atoms with Gasteiger partial charge in [0.15, 0.2) is 6.10 Å². The van der Waals surface area contributed by atoms with E-state index in [1.54, 1.807) is 24.3 Å². The topological polar surface area (TPSA) is 75.7 Å². The van der Waals surface area contributed by atoms with E-state index < -0.39 is 16.1 Å². The molecule has 7 heteroatoms. The summed E-state index contributed by atoms with van der Waals surface area (Å²) in [7, 11) is -3.49. The van der Waals surface area contributed by atoms with E-state index >= 15 is 0 Å². The molecule has 1 aliphatic heterocycles. The van der Waals surface area contributed by atoms with Gasteiger partial charge in [-0.2, -0.15) is 4.31 Å². The molecule has 1 aliphatic rings. The van der Waals surface area contributed by atoms with Crippen molar-refractivity contribution in [1.29, 1.82) is 0 Å². The summed E-state index contributed by atoms with van der Waals surface area (Å²) in [5.74, 6) is 0.389. The first-order valence-corrected chi connectivity index (χ1v) is 12.5. The number of carbonyl (C=O) groups excluding carboxylic acids is 1. The largest absolute Gasteiger partial charge is 0.480 e. The van der Waals surface area contributed by atoms with Gasteiger partial charge in [-0.05, 0) is 55.0 Å². The Morgan fingerprint density at radius 2 is 1.66 bits per heavy atom. The second-order valence-electron chi connectivity index (χ2n) is 7.97. The highest BCUT2D eigenvalue weighted by atomic mass is 32.2. The van der Waals surface area contributed by atoms with E-state index in [1.807, 2.05) is 49.4 Å². The van der Waals surface area contributed by atoms with E-state index in [9.17, 15) is 13.2 Å². The highest BCUT2D eigenvalue weighted by Gasteiger charge is 2.26. The van der Waals surface area contributed by atoms with Gasteiger partial charge in [-0.25, -0.2) is 8.42 Å². The van der Waals surface area contributed by atoms with Gasteiger partial charge < -0.3 is 10.1 Å². The standard InChI is InChI=1S/C25H28N2O4S/c1-2-23(31-24-12-8-10-19-9-4-5-11-22(19)24)25(28)26-20-13-15-21(16-14-20)32(29,30)27-17-6-3-7-18-27/h4-5,8-16,23H,2-3,6-7,17-18H2,1H3,(H,26,28)/t23-/m1/s1. The first kappa shape index (κ1) is 22.3. The van der Waals surface area contributed by atoms with Crippen molar-refractivity contribution >= 4 is 32.4 Å². The second-order valence-corrected chi connectivity index (χ2v) is 9.91. The normalized spacial score (nSPS) is 15.9. The van der Waals surface area contributed by atoms with Crippen LogP contribution in [0.15, 0.2) is 71.6 Å². The minimum atomic E-state index is -3.49. The van der Waals surface area contributed by atoms with Gasteiger partial charge in [-0.1, -0.05) is 49.7 Å².